The normalized spacial score (nSPS) is 11.1. The van der Waals surface area contributed by atoms with E-state index < -0.39 is 0 Å². The zero-order valence-electron chi connectivity index (χ0n) is 11.4. The highest BCUT2D eigenvalue weighted by Gasteiger charge is 2.08. The lowest BCUT2D eigenvalue weighted by molar-refractivity contribution is 0.199. The van der Waals surface area contributed by atoms with Crippen LogP contribution in [-0.4, -0.2) is 41.6 Å². The number of nitrogens with one attached hydrogen (secondary N) is 1. The molecule has 2 rings (SSSR count). The number of oxazole rings is 1. The summed E-state index contributed by atoms with van der Waals surface area (Å²) in [5, 5.41) is 7.57. The van der Waals surface area contributed by atoms with Gasteiger partial charge in [0.25, 0.3) is 0 Å². The molecule has 0 aliphatic carbocycles. The highest BCUT2D eigenvalue weighted by molar-refractivity contribution is 5.49. The smallest absolute Gasteiger partial charge is 0.195 e. The first-order chi connectivity index (χ1) is 9.29. The Morgan fingerprint density at radius 3 is 3.05 bits per heavy atom. The van der Waals surface area contributed by atoms with Crippen molar-refractivity contribution in [2.24, 2.45) is 7.05 Å². The summed E-state index contributed by atoms with van der Waals surface area (Å²) in [7, 11) is 3.58. The van der Waals surface area contributed by atoms with Crippen LogP contribution in [0.2, 0.25) is 0 Å². The molecule has 2 aromatic rings. The van der Waals surface area contributed by atoms with Gasteiger partial charge in [-0.05, 0) is 19.0 Å². The molecule has 0 bridgehead atoms. The van der Waals surface area contributed by atoms with Crippen LogP contribution in [0.1, 0.15) is 12.3 Å². The van der Waals surface area contributed by atoms with Gasteiger partial charge in [0.15, 0.2) is 11.7 Å². The highest BCUT2D eigenvalue weighted by Crippen LogP contribution is 2.18. The number of methoxy groups -OCH3 is 1. The average Bonchev–Trinajstić information content (AvgIpc) is 3.02. The number of aromatic nitrogens is 3. The van der Waals surface area contributed by atoms with Crippen LogP contribution in [0.25, 0.3) is 11.5 Å². The van der Waals surface area contributed by atoms with Gasteiger partial charge in [0, 0.05) is 33.3 Å². The van der Waals surface area contributed by atoms with E-state index in [0.717, 1.165) is 49.9 Å². The van der Waals surface area contributed by atoms with E-state index in [4.69, 9.17) is 9.15 Å². The van der Waals surface area contributed by atoms with Crippen LogP contribution in [-0.2, 0) is 18.2 Å². The third-order valence-corrected chi connectivity index (χ3v) is 2.75. The van der Waals surface area contributed by atoms with Crippen molar-refractivity contribution in [3.63, 3.8) is 0 Å². The van der Waals surface area contributed by atoms with Crippen molar-refractivity contribution in [2.75, 3.05) is 26.8 Å². The van der Waals surface area contributed by atoms with Gasteiger partial charge in [0.1, 0.15) is 5.69 Å². The Kier molecular flexibility index (Phi) is 5.11. The molecule has 1 N–H and O–H groups in total. The van der Waals surface area contributed by atoms with Crippen LogP contribution in [0, 0.1) is 0 Å². The Morgan fingerprint density at radius 1 is 1.42 bits per heavy atom. The van der Waals surface area contributed by atoms with E-state index in [1.54, 1.807) is 18.0 Å². The Morgan fingerprint density at radius 2 is 2.32 bits per heavy atom. The largest absolute Gasteiger partial charge is 0.439 e. The topological polar surface area (TPSA) is 65.1 Å². The maximum atomic E-state index is 5.67. The van der Waals surface area contributed by atoms with Gasteiger partial charge < -0.3 is 14.5 Å². The standard InChI is InChI=1S/C13H20N4O2/c1-17-8-5-11(16-17)12-10-15-13(19-12)4-3-6-14-7-9-18-2/h5,8,10,14H,3-4,6-7,9H2,1-2H3. The third-order valence-electron chi connectivity index (χ3n) is 2.75. The predicted octanol–water partition coefficient (Wildman–Crippen LogP) is 1.24. The fourth-order valence-electron chi connectivity index (χ4n) is 1.75. The van der Waals surface area contributed by atoms with Gasteiger partial charge in [0.05, 0.1) is 12.8 Å². The summed E-state index contributed by atoms with van der Waals surface area (Å²) in [5.74, 6) is 1.48. The summed E-state index contributed by atoms with van der Waals surface area (Å²) in [6.07, 6.45) is 5.44. The second kappa shape index (κ2) is 7.06. The lowest BCUT2D eigenvalue weighted by atomic mass is 10.3. The van der Waals surface area contributed by atoms with Gasteiger partial charge >= 0.3 is 0 Å². The summed E-state index contributed by atoms with van der Waals surface area (Å²) >= 11 is 0. The molecule has 6 nitrogen and oxygen atoms in total. The highest BCUT2D eigenvalue weighted by atomic mass is 16.5. The second-order valence-electron chi connectivity index (χ2n) is 4.34. The number of aryl methyl sites for hydroxylation is 2. The van der Waals surface area contributed by atoms with Crippen molar-refractivity contribution < 1.29 is 9.15 Å². The Bertz CT molecular complexity index is 492. The van der Waals surface area contributed by atoms with Crippen LogP contribution in [0.3, 0.4) is 0 Å². The molecule has 104 valence electrons. The van der Waals surface area contributed by atoms with E-state index in [0.29, 0.717) is 0 Å². The van der Waals surface area contributed by atoms with E-state index in [2.05, 4.69) is 15.4 Å². The van der Waals surface area contributed by atoms with Crippen LogP contribution in [0.15, 0.2) is 22.9 Å². The van der Waals surface area contributed by atoms with Gasteiger partial charge in [-0.15, -0.1) is 0 Å². The van der Waals surface area contributed by atoms with Crippen molar-refractivity contribution >= 4 is 0 Å². The molecular formula is C13H20N4O2. The molecule has 6 heteroatoms. The summed E-state index contributed by atoms with van der Waals surface area (Å²) < 4.78 is 12.4. The monoisotopic (exact) mass is 264 g/mol. The third kappa shape index (κ3) is 4.18. The fourth-order valence-corrected chi connectivity index (χ4v) is 1.75. The minimum atomic E-state index is 0.725. The molecule has 0 aromatic carbocycles. The van der Waals surface area contributed by atoms with Crippen molar-refractivity contribution in [1.82, 2.24) is 20.1 Å². The Hall–Kier alpha value is -1.66. The van der Waals surface area contributed by atoms with Gasteiger partial charge in [-0.1, -0.05) is 0 Å². The molecule has 0 saturated carbocycles. The zero-order chi connectivity index (χ0) is 13.5. The first-order valence-corrected chi connectivity index (χ1v) is 6.44. The molecular weight excluding hydrogens is 244 g/mol. The van der Waals surface area contributed by atoms with Gasteiger partial charge in [-0.2, -0.15) is 5.10 Å². The number of rotatable bonds is 8. The molecule has 0 saturated heterocycles. The molecule has 0 atom stereocenters. The molecule has 19 heavy (non-hydrogen) atoms. The lowest BCUT2D eigenvalue weighted by Gasteiger charge is -2.01. The SMILES string of the molecule is COCCNCCCc1ncc(-c2ccn(C)n2)o1. The number of hydrogen-bond donors (Lipinski definition) is 1. The first-order valence-electron chi connectivity index (χ1n) is 6.44. The molecule has 0 spiro atoms. The quantitative estimate of drug-likeness (QED) is 0.727. The average molecular weight is 264 g/mol. The van der Waals surface area contributed by atoms with E-state index in [9.17, 15) is 0 Å². The zero-order valence-corrected chi connectivity index (χ0v) is 11.4. The van der Waals surface area contributed by atoms with Crippen molar-refractivity contribution in [3.8, 4) is 11.5 Å². The van der Waals surface area contributed by atoms with Gasteiger partial charge in [-0.25, -0.2) is 4.98 Å². The summed E-state index contributed by atoms with van der Waals surface area (Å²) in [4.78, 5) is 4.27. The molecule has 2 aromatic heterocycles. The molecule has 0 aliphatic rings. The summed E-state index contributed by atoms with van der Waals surface area (Å²) in [5.41, 5.74) is 0.819. The minimum Gasteiger partial charge on any atom is -0.439 e. The predicted molar refractivity (Wildman–Crippen MR) is 71.8 cm³/mol. The van der Waals surface area contributed by atoms with Crippen molar-refractivity contribution in [2.45, 2.75) is 12.8 Å². The van der Waals surface area contributed by atoms with Crippen molar-refractivity contribution in [1.29, 1.82) is 0 Å². The van der Waals surface area contributed by atoms with E-state index in [1.165, 1.54) is 0 Å². The van der Waals surface area contributed by atoms with E-state index >= 15 is 0 Å². The van der Waals surface area contributed by atoms with E-state index in [-0.39, 0.29) is 0 Å². The van der Waals surface area contributed by atoms with E-state index in [1.807, 2.05) is 19.3 Å². The molecule has 0 amide bonds. The fraction of sp³-hybridized carbons (Fsp3) is 0.538. The number of nitrogens with zero attached hydrogens (tertiary/aromatic N) is 3. The lowest BCUT2D eigenvalue weighted by Crippen LogP contribution is -2.20. The molecule has 0 fully saturated rings. The maximum Gasteiger partial charge on any atom is 0.195 e. The Balaban J connectivity index is 1.75. The minimum absolute atomic E-state index is 0.725. The molecule has 2 heterocycles. The van der Waals surface area contributed by atoms with Gasteiger partial charge in [0.2, 0.25) is 0 Å². The molecule has 0 unspecified atom stereocenters. The Labute approximate surface area is 112 Å². The molecule has 0 radical (unpaired) electrons. The van der Waals surface area contributed by atoms with Gasteiger partial charge in [-0.3, -0.25) is 4.68 Å². The number of ether oxygens (including phenoxy) is 1. The van der Waals surface area contributed by atoms with Crippen LogP contribution in [0.5, 0.6) is 0 Å². The van der Waals surface area contributed by atoms with Crippen LogP contribution in [0.4, 0.5) is 0 Å². The maximum absolute atomic E-state index is 5.67. The van der Waals surface area contributed by atoms with Crippen molar-refractivity contribution in [3.05, 3.63) is 24.4 Å². The summed E-state index contributed by atoms with van der Waals surface area (Å²) in [6, 6.07) is 1.91. The summed E-state index contributed by atoms with van der Waals surface area (Å²) in [6.45, 7) is 2.55. The van der Waals surface area contributed by atoms with Crippen LogP contribution >= 0.6 is 0 Å². The first kappa shape index (κ1) is 13.8. The second-order valence-corrected chi connectivity index (χ2v) is 4.34. The number of hydrogen-bond acceptors (Lipinski definition) is 5. The van der Waals surface area contributed by atoms with Crippen LogP contribution < -0.4 is 5.32 Å². The molecule has 0 aliphatic heterocycles.